The number of esters is 2. The molecule has 9 unspecified atom stereocenters. The topological polar surface area (TPSA) is 52.6 Å². The van der Waals surface area contributed by atoms with Crippen molar-refractivity contribution in [3.63, 3.8) is 0 Å². The Morgan fingerprint density at radius 2 is 1.40 bits per heavy atom. The van der Waals surface area contributed by atoms with E-state index in [1.165, 1.54) is 25.7 Å². The van der Waals surface area contributed by atoms with Crippen molar-refractivity contribution in [2.24, 2.45) is 47.3 Å². The number of carbonyl (C=O) groups excluding carboxylic acids is 2. The Bertz CT molecular complexity index is 817. The number of hydrogen-bond acceptors (Lipinski definition) is 4. The van der Waals surface area contributed by atoms with Crippen LogP contribution in [0.1, 0.15) is 152 Å². The summed E-state index contributed by atoms with van der Waals surface area (Å²) in [4.78, 5) is 26.4. The van der Waals surface area contributed by atoms with E-state index < -0.39 is 11.8 Å². The standard InChI is InChI=1S/C38H69Cl3O4/c1-10-44-36(42)32-24-30(19-13-17-28(7)16-12-15-26(3)4)23-31(35(32)37(43)45-11-2)25-34(40)29(8)18-14-21-38(9,41)22-20-33(39)27(5)6/h26-35H,10-25H2,1-9H3. The summed E-state index contributed by atoms with van der Waals surface area (Å²) in [7, 11) is 0. The molecule has 0 radical (unpaired) electrons. The molecule has 7 heteroatoms. The second-order valence-electron chi connectivity index (χ2n) is 15.4. The largest absolute Gasteiger partial charge is 0.466 e. The molecule has 0 aliphatic heterocycles. The molecule has 1 fully saturated rings. The summed E-state index contributed by atoms with van der Waals surface area (Å²) in [6.07, 6.45) is 14.3. The van der Waals surface area contributed by atoms with Crippen LogP contribution in [0.5, 0.6) is 0 Å². The van der Waals surface area contributed by atoms with Crippen LogP contribution < -0.4 is 0 Å². The van der Waals surface area contributed by atoms with Gasteiger partial charge in [0.1, 0.15) is 0 Å². The predicted octanol–water partition coefficient (Wildman–Crippen LogP) is 11.8. The van der Waals surface area contributed by atoms with Gasteiger partial charge >= 0.3 is 11.9 Å². The van der Waals surface area contributed by atoms with Gasteiger partial charge < -0.3 is 9.47 Å². The lowest BCUT2D eigenvalue weighted by Gasteiger charge is -2.41. The van der Waals surface area contributed by atoms with Gasteiger partial charge in [-0.1, -0.05) is 86.5 Å². The van der Waals surface area contributed by atoms with Gasteiger partial charge in [0.05, 0.1) is 25.0 Å². The van der Waals surface area contributed by atoms with Crippen LogP contribution in [-0.4, -0.2) is 40.8 Å². The van der Waals surface area contributed by atoms with Gasteiger partial charge in [0, 0.05) is 15.6 Å². The molecule has 0 bridgehead atoms. The zero-order valence-electron chi connectivity index (χ0n) is 30.4. The quantitative estimate of drug-likeness (QED) is 0.0788. The molecule has 266 valence electrons. The molecule has 1 aliphatic rings. The number of ether oxygens (including phenoxy) is 2. The fourth-order valence-electron chi connectivity index (χ4n) is 7.24. The summed E-state index contributed by atoms with van der Waals surface area (Å²) in [5, 5.41) is 0.0571. The van der Waals surface area contributed by atoms with E-state index in [9.17, 15) is 9.59 Å². The van der Waals surface area contributed by atoms with Crippen molar-refractivity contribution in [1.29, 1.82) is 0 Å². The molecule has 0 aromatic heterocycles. The highest BCUT2D eigenvalue weighted by Gasteiger charge is 2.47. The number of hydrogen-bond donors (Lipinski definition) is 0. The molecule has 0 N–H and O–H groups in total. The highest BCUT2D eigenvalue weighted by Crippen LogP contribution is 2.45. The molecule has 0 amide bonds. The highest BCUT2D eigenvalue weighted by atomic mass is 35.5. The van der Waals surface area contributed by atoms with E-state index in [0.29, 0.717) is 43.8 Å². The summed E-state index contributed by atoms with van der Waals surface area (Å²) in [5.74, 6) is 1.07. The molecule has 4 nitrogen and oxygen atoms in total. The fraction of sp³-hybridized carbons (Fsp3) is 0.947. The number of carbonyl (C=O) groups is 2. The van der Waals surface area contributed by atoms with Gasteiger partial charge in [-0.15, -0.1) is 34.8 Å². The highest BCUT2D eigenvalue weighted by molar-refractivity contribution is 6.24. The van der Waals surface area contributed by atoms with Gasteiger partial charge in [-0.2, -0.15) is 0 Å². The van der Waals surface area contributed by atoms with Crippen LogP contribution in [0.25, 0.3) is 0 Å². The van der Waals surface area contributed by atoms with E-state index >= 15 is 0 Å². The Balaban J connectivity index is 2.91. The van der Waals surface area contributed by atoms with E-state index in [-0.39, 0.29) is 39.4 Å². The Morgan fingerprint density at radius 3 is 2.00 bits per heavy atom. The van der Waals surface area contributed by atoms with Crippen molar-refractivity contribution in [2.75, 3.05) is 13.2 Å². The zero-order chi connectivity index (χ0) is 34.2. The van der Waals surface area contributed by atoms with Crippen LogP contribution in [0.3, 0.4) is 0 Å². The van der Waals surface area contributed by atoms with E-state index in [0.717, 1.165) is 57.3 Å². The third-order valence-electron chi connectivity index (χ3n) is 10.3. The van der Waals surface area contributed by atoms with Crippen molar-refractivity contribution in [3.05, 3.63) is 0 Å². The average Bonchev–Trinajstić information content (AvgIpc) is 2.95. The summed E-state index contributed by atoms with van der Waals surface area (Å²) in [6, 6.07) is 0. The zero-order valence-corrected chi connectivity index (χ0v) is 32.6. The summed E-state index contributed by atoms with van der Waals surface area (Å²) >= 11 is 20.5. The van der Waals surface area contributed by atoms with E-state index in [2.05, 4.69) is 48.5 Å². The first kappa shape index (κ1) is 42.8. The number of halogens is 3. The second kappa shape index (κ2) is 22.4. The maximum Gasteiger partial charge on any atom is 0.310 e. The van der Waals surface area contributed by atoms with E-state index in [1.54, 1.807) is 0 Å². The van der Waals surface area contributed by atoms with Crippen LogP contribution in [-0.2, 0) is 19.1 Å². The number of rotatable bonds is 23. The Morgan fingerprint density at radius 1 is 0.778 bits per heavy atom. The molecule has 1 rings (SSSR count). The molecule has 0 heterocycles. The molecular formula is C38H69Cl3O4. The normalized spacial score (nSPS) is 24.6. The Kier molecular flexibility index (Phi) is 21.4. The van der Waals surface area contributed by atoms with Gasteiger partial charge in [-0.05, 0) is 101 Å². The Labute approximate surface area is 293 Å². The minimum atomic E-state index is -0.501. The van der Waals surface area contributed by atoms with Gasteiger partial charge in [-0.25, -0.2) is 0 Å². The first-order chi connectivity index (χ1) is 21.1. The van der Waals surface area contributed by atoms with Crippen LogP contribution in [0.4, 0.5) is 0 Å². The van der Waals surface area contributed by atoms with Gasteiger partial charge in [-0.3, -0.25) is 9.59 Å². The third-order valence-corrected chi connectivity index (χ3v) is 12.0. The maximum absolute atomic E-state index is 13.4. The molecular weight excluding hydrogens is 627 g/mol. The Hall–Kier alpha value is -0.190. The van der Waals surface area contributed by atoms with Crippen LogP contribution in [0.15, 0.2) is 0 Å². The fourth-order valence-corrected chi connectivity index (χ4v) is 7.94. The minimum absolute atomic E-state index is 0.000557. The second-order valence-corrected chi connectivity index (χ2v) is 17.5. The molecule has 9 atom stereocenters. The summed E-state index contributed by atoms with van der Waals surface area (Å²) < 4.78 is 11.1. The average molecular weight is 696 g/mol. The third kappa shape index (κ3) is 17.2. The van der Waals surface area contributed by atoms with Crippen molar-refractivity contribution in [3.8, 4) is 0 Å². The minimum Gasteiger partial charge on any atom is -0.466 e. The molecule has 0 saturated heterocycles. The van der Waals surface area contributed by atoms with Crippen molar-refractivity contribution in [1.82, 2.24) is 0 Å². The van der Waals surface area contributed by atoms with Gasteiger partial charge in [0.15, 0.2) is 0 Å². The van der Waals surface area contributed by atoms with E-state index in [1.807, 2.05) is 13.8 Å². The monoisotopic (exact) mass is 694 g/mol. The molecule has 1 saturated carbocycles. The molecule has 1 aliphatic carbocycles. The first-order valence-electron chi connectivity index (χ1n) is 18.4. The maximum atomic E-state index is 13.4. The lowest BCUT2D eigenvalue weighted by atomic mass is 9.64. The van der Waals surface area contributed by atoms with Gasteiger partial charge in [0.2, 0.25) is 0 Å². The van der Waals surface area contributed by atoms with Crippen LogP contribution in [0.2, 0.25) is 0 Å². The molecule has 0 spiro atoms. The lowest BCUT2D eigenvalue weighted by Crippen LogP contribution is -2.44. The van der Waals surface area contributed by atoms with Crippen molar-refractivity contribution < 1.29 is 19.1 Å². The van der Waals surface area contributed by atoms with E-state index in [4.69, 9.17) is 44.3 Å². The van der Waals surface area contributed by atoms with Gasteiger partial charge in [0.25, 0.3) is 0 Å². The molecule has 45 heavy (non-hydrogen) atoms. The first-order valence-corrected chi connectivity index (χ1v) is 19.7. The van der Waals surface area contributed by atoms with Crippen molar-refractivity contribution in [2.45, 2.75) is 168 Å². The summed E-state index contributed by atoms with van der Waals surface area (Å²) in [6.45, 7) is 19.9. The smallest absolute Gasteiger partial charge is 0.310 e. The number of alkyl halides is 3. The lowest BCUT2D eigenvalue weighted by molar-refractivity contribution is -0.167. The predicted molar refractivity (Wildman–Crippen MR) is 193 cm³/mol. The van der Waals surface area contributed by atoms with Crippen LogP contribution in [0, 0.1) is 47.3 Å². The van der Waals surface area contributed by atoms with Crippen LogP contribution >= 0.6 is 34.8 Å². The summed E-state index contributed by atoms with van der Waals surface area (Å²) in [5.41, 5.74) is 0. The molecule has 0 aromatic rings. The van der Waals surface area contributed by atoms with Crippen molar-refractivity contribution >= 4 is 46.7 Å². The molecule has 0 aromatic carbocycles. The SMILES string of the molecule is CCOC(=O)C1CC(CCCC(C)CCCC(C)C)CC(CC(Cl)C(C)CCCC(C)(Cl)CCC(Cl)C(C)C)C1C(=O)OCC.